The largest absolute Gasteiger partial charge is 0.341 e. The zero-order chi connectivity index (χ0) is 17.8. The molecular weight excluding hydrogens is 360 g/mol. The maximum atomic E-state index is 12.8. The zero-order valence-electron chi connectivity index (χ0n) is 15.7. The third kappa shape index (κ3) is 4.71. The van der Waals surface area contributed by atoms with Gasteiger partial charge in [-0.25, -0.2) is 0 Å². The van der Waals surface area contributed by atoms with E-state index >= 15 is 0 Å². The van der Waals surface area contributed by atoms with Crippen LogP contribution >= 0.6 is 12.4 Å². The van der Waals surface area contributed by atoms with Crippen molar-refractivity contribution in [3.05, 3.63) is 53.9 Å². The first-order valence-corrected chi connectivity index (χ1v) is 9.86. The summed E-state index contributed by atoms with van der Waals surface area (Å²) in [6, 6.07) is 12.8. The number of benzene rings is 1. The summed E-state index contributed by atoms with van der Waals surface area (Å²) >= 11 is 0. The van der Waals surface area contributed by atoms with Gasteiger partial charge in [-0.1, -0.05) is 30.3 Å². The number of likely N-dealkylation sites (tertiary alicyclic amines) is 1. The van der Waals surface area contributed by atoms with Crippen molar-refractivity contribution < 1.29 is 4.79 Å². The molecule has 2 aliphatic rings. The van der Waals surface area contributed by atoms with Crippen LogP contribution < -0.4 is 5.32 Å². The second-order valence-corrected chi connectivity index (χ2v) is 7.52. The molecule has 3 heterocycles. The number of nitrogens with zero attached hydrogens (tertiary/aromatic N) is 3. The maximum absolute atomic E-state index is 12.8. The number of hydrogen-bond acceptors (Lipinski definition) is 3. The molecule has 146 valence electrons. The summed E-state index contributed by atoms with van der Waals surface area (Å²) in [6.45, 7) is 4.15. The summed E-state index contributed by atoms with van der Waals surface area (Å²) in [6.07, 6.45) is 6.30. The minimum atomic E-state index is 0. The van der Waals surface area contributed by atoms with Crippen molar-refractivity contribution in [2.24, 2.45) is 0 Å². The molecule has 1 N–H and O–H groups in total. The summed E-state index contributed by atoms with van der Waals surface area (Å²) < 4.78 is 1.92. The normalized spacial score (nSPS) is 20.9. The molecule has 1 amide bonds. The number of nitrogens with one attached hydrogen (secondary N) is 1. The molecule has 0 radical (unpaired) electrons. The Bertz CT molecular complexity index is 719. The summed E-state index contributed by atoms with van der Waals surface area (Å²) in [5.41, 5.74) is 2.60. The molecule has 0 bridgehead atoms. The number of hydrogen-bond donors (Lipinski definition) is 1. The van der Waals surface area contributed by atoms with Crippen LogP contribution in [-0.4, -0.2) is 46.8 Å². The topological polar surface area (TPSA) is 50.2 Å². The van der Waals surface area contributed by atoms with Crippen LogP contribution in [0.15, 0.2) is 42.6 Å². The Morgan fingerprint density at radius 1 is 1.07 bits per heavy atom. The van der Waals surface area contributed by atoms with Crippen LogP contribution in [0.4, 0.5) is 0 Å². The maximum Gasteiger partial charge on any atom is 0.244 e. The molecule has 4 rings (SSSR count). The molecule has 27 heavy (non-hydrogen) atoms. The lowest BCUT2D eigenvalue weighted by Gasteiger charge is -2.32. The van der Waals surface area contributed by atoms with E-state index in [9.17, 15) is 4.79 Å². The fraction of sp³-hybridized carbons (Fsp3) is 0.524. The van der Waals surface area contributed by atoms with Crippen LogP contribution in [0.5, 0.6) is 0 Å². The van der Waals surface area contributed by atoms with Crippen molar-refractivity contribution in [3.63, 3.8) is 0 Å². The van der Waals surface area contributed by atoms with E-state index in [1.807, 2.05) is 15.8 Å². The average molecular weight is 389 g/mol. The van der Waals surface area contributed by atoms with E-state index in [-0.39, 0.29) is 18.3 Å². The Kier molecular flexibility index (Phi) is 6.91. The highest BCUT2D eigenvalue weighted by Gasteiger charge is 2.25. The summed E-state index contributed by atoms with van der Waals surface area (Å²) in [5.74, 6) is 1.25. The van der Waals surface area contributed by atoms with Crippen LogP contribution in [0.25, 0.3) is 0 Å². The SMILES string of the molecule is Cl.O=C(Cn1nccc1C1CCCNC1)N1CCC(c2ccccc2)CC1. The van der Waals surface area contributed by atoms with Crippen molar-refractivity contribution in [2.75, 3.05) is 26.2 Å². The van der Waals surface area contributed by atoms with E-state index in [0.717, 1.165) is 39.0 Å². The highest BCUT2D eigenvalue weighted by atomic mass is 35.5. The zero-order valence-corrected chi connectivity index (χ0v) is 16.5. The van der Waals surface area contributed by atoms with Crippen LogP contribution in [0.3, 0.4) is 0 Å². The van der Waals surface area contributed by atoms with Gasteiger partial charge in [-0.15, -0.1) is 12.4 Å². The van der Waals surface area contributed by atoms with Gasteiger partial charge in [0.05, 0.1) is 0 Å². The van der Waals surface area contributed by atoms with Gasteiger partial charge >= 0.3 is 0 Å². The van der Waals surface area contributed by atoms with E-state index in [0.29, 0.717) is 18.4 Å². The number of piperidine rings is 2. The van der Waals surface area contributed by atoms with Gasteiger partial charge in [0.15, 0.2) is 0 Å². The van der Waals surface area contributed by atoms with Gasteiger partial charge in [-0.05, 0) is 49.8 Å². The fourth-order valence-electron chi connectivity index (χ4n) is 4.34. The van der Waals surface area contributed by atoms with Crippen LogP contribution in [0.2, 0.25) is 0 Å². The number of amides is 1. The van der Waals surface area contributed by atoms with Gasteiger partial charge in [-0.3, -0.25) is 9.48 Å². The van der Waals surface area contributed by atoms with Gasteiger partial charge < -0.3 is 10.2 Å². The highest BCUT2D eigenvalue weighted by Crippen LogP contribution is 2.28. The Hall–Kier alpha value is -1.85. The first-order valence-electron chi connectivity index (χ1n) is 9.86. The van der Waals surface area contributed by atoms with E-state index in [1.165, 1.54) is 24.1 Å². The monoisotopic (exact) mass is 388 g/mol. The molecule has 5 nitrogen and oxygen atoms in total. The third-order valence-electron chi connectivity index (χ3n) is 5.87. The smallest absolute Gasteiger partial charge is 0.244 e. The average Bonchev–Trinajstić information content (AvgIpc) is 3.17. The number of halogens is 1. The first-order chi connectivity index (χ1) is 12.8. The van der Waals surface area contributed by atoms with E-state index < -0.39 is 0 Å². The molecule has 1 unspecified atom stereocenters. The lowest BCUT2D eigenvalue weighted by molar-refractivity contribution is -0.133. The highest BCUT2D eigenvalue weighted by molar-refractivity contribution is 5.85. The molecule has 1 aromatic heterocycles. The van der Waals surface area contributed by atoms with Gasteiger partial charge in [0.25, 0.3) is 0 Å². The van der Waals surface area contributed by atoms with Gasteiger partial charge in [-0.2, -0.15) is 5.10 Å². The number of rotatable bonds is 4. The van der Waals surface area contributed by atoms with Gasteiger partial charge in [0.1, 0.15) is 6.54 Å². The van der Waals surface area contributed by atoms with Gasteiger partial charge in [0, 0.05) is 37.4 Å². The van der Waals surface area contributed by atoms with E-state index in [1.54, 1.807) is 0 Å². The molecule has 1 atom stereocenters. The van der Waals surface area contributed by atoms with Crippen molar-refractivity contribution in [1.82, 2.24) is 20.0 Å². The number of aromatic nitrogens is 2. The molecule has 1 aromatic carbocycles. The second-order valence-electron chi connectivity index (χ2n) is 7.52. The molecule has 2 aliphatic heterocycles. The van der Waals surface area contributed by atoms with E-state index in [2.05, 4.69) is 46.8 Å². The predicted octanol–water partition coefficient (Wildman–Crippen LogP) is 3.18. The molecule has 2 saturated heterocycles. The molecule has 2 fully saturated rings. The van der Waals surface area contributed by atoms with Crippen LogP contribution in [0, 0.1) is 0 Å². The quantitative estimate of drug-likeness (QED) is 0.875. The molecule has 2 aromatic rings. The molecule has 0 saturated carbocycles. The summed E-state index contributed by atoms with van der Waals surface area (Å²) in [7, 11) is 0. The molecular formula is C21H29ClN4O. The van der Waals surface area contributed by atoms with Gasteiger partial charge in [0.2, 0.25) is 5.91 Å². The minimum absolute atomic E-state index is 0. The Labute approximate surface area is 167 Å². The summed E-state index contributed by atoms with van der Waals surface area (Å²) in [5, 5.41) is 7.88. The van der Waals surface area contributed by atoms with Crippen LogP contribution in [0.1, 0.15) is 48.8 Å². The standard InChI is InChI=1S/C21H28N4O.ClH/c26-21(16-25-20(8-12-23-25)19-7-4-11-22-15-19)24-13-9-18(10-14-24)17-5-2-1-3-6-17;/h1-3,5-6,8,12,18-19,22H,4,7,9-11,13-16H2;1H. The first kappa shape index (κ1) is 19.9. The molecule has 0 aliphatic carbocycles. The Balaban J connectivity index is 0.00000210. The predicted molar refractivity (Wildman–Crippen MR) is 109 cm³/mol. The Morgan fingerprint density at radius 2 is 1.85 bits per heavy atom. The second kappa shape index (κ2) is 9.38. The lowest BCUT2D eigenvalue weighted by atomic mass is 9.89. The third-order valence-corrected chi connectivity index (χ3v) is 5.87. The van der Waals surface area contributed by atoms with Crippen molar-refractivity contribution in [2.45, 2.75) is 44.1 Å². The van der Waals surface area contributed by atoms with Crippen LogP contribution in [-0.2, 0) is 11.3 Å². The summed E-state index contributed by atoms with van der Waals surface area (Å²) in [4.78, 5) is 14.8. The molecule has 6 heteroatoms. The van der Waals surface area contributed by atoms with E-state index in [4.69, 9.17) is 0 Å². The van der Waals surface area contributed by atoms with Crippen molar-refractivity contribution in [3.8, 4) is 0 Å². The number of carbonyl (C=O) groups is 1. The van der Waals surface area contributed by atoms with Crippen molar-refractivity contribution >= 4 is 18.3 Å². The fourth-order valence-corrected chi connectivity index (χ4v) is 4.34. The molecule has 0 spiro atoms. The lowest BCUT2D eigenvalue weighted by Crippen LogP contribution is -2.40. The Morgan fingerprint density at radius 3 is 2.56 bits per heavy atom. The minimum Gasteiger partial charge on any atom is -0.341 e. The van der Waals surface area contributed by atoms with Crippen molar-refractivity contribution in [1.29, 1.82) is 0 Å². The number of carbonyl (C=O) groups excluding carboxylic acids is 1.